The van der Waals surface area contributed by atoms with Crippen molar-refractivity contribution in [1.29, 1.82) is 0 Å². The molecule has 0 spiro atoms. The summed E-state index contributed by atoms with van der Waals surface area (Å²) in [5.74, 6) is -0.330. The number of halogens is 2. The molecular weight excluding hydrogens is 499 g/mol. The number of amides is 2. The van der Waals surface area contributed by atoms with Crippen LogP contribution >= 0.6 is 23.2 Å². The highest BCUT2D eigenvalue weighted by Crippen LogP contribution is 2.39. The maximum Gasteiger partial charge on any atom is 0.250 e. The van der Waals surface area contributed by atoms with Crippen LogP contribution in [0.25, 0.3) is 0 Å². The SMILES string of the molecule is CC(C)(C(=O)NC1CC2CCC(C1)N2c1ccc(C(N)=O)cn1)S(=O)(=O)c1ccc(Cl)cc1Cl. The molecule has 2 atom stereocenters. The van der Waals surface area contributed by atoms with Gasteiger partial charge in [0.2, 0.25) is 11.8 Å². The number of sulfone groups is 1. The molecule has 2 aliphatic heterocycles. The number of piperidine rings is 1. The first-order valence-corrected chi connectivity index (χ1v) is 13.2. The van der Waals surface area contributed by atoms with Crippen molar-refractivity contribution in [2.45, 2.75) is 67.3 Å². The predicted molar refractivity (Wildman–Crippen MR) is 131 cm³/mol. The maximum atomic E-state index is 13.3. The van der Waals surface area contributed by atoms with Gasteiger partial charge in [-0.2, -0.15) is 0 Å². The third-order valence-corrected chi connectivity index (χ3v) is 9.89. The van der Waals surface area contributed by atoms with Crippen LogP contribution in [0.5, 0.6) is 0 Å². The molecule has 2 aromatic rings. The number of rotatable bonds is 6. The number of nitrogens with zero attached hydrogens (tertiary/aromatic N) is 2. The minimum Gasteiger partial charge on any atom is -0.366 e. The van der Waals surface area contributed by atoms with Crippen LogP contribution in [0.3, 0.4) is 0 Å². The van der Waals surface area contributed by atoms with Crippen LogP contribution in [0.2, 0.25) is 10.0 Å². The number of carbonyl (C=O) groups excluding carboxylic acids is 2. The van der Waals surface area contributed by atoms with Crippen LogP contribution in [0, 0.1) is 0 Å². The van der Waals surface area contributed by atoms with Crippen LogP contribution in [0.4, 0.5) is 5.82 Å². The molecule has 34 heavy (non-hydrogen) atoms. The summed E-state index contributed by atoms with van der Waals surface area (Å²) in [6.07, 6.45) is 4.69. The summed E-state index contributed by atoms with van der Waals surface area (Å²) in [5.41, 5.74) is 5.65. The van der Waals surface area contributed by atoms with Crippen molar-refractivity contribution in [3.63, 3.8) is 0 Å². The number of pyridine rings is 1. The number of hydrogen-bond acceptors (Lipinski definition) is 6. The van der Waals surface area contributed by atoms with E-state index in [4.69, 9.17) is 28.9 Å². The molecule has 0 radical (unpaired) electrons. The zero-order valence-corrected chi connectivity index (χ0v) is 21.1. The molecule has 1 aromatic carbocycles. The molecule has 0 aliphatic carbocycles. The molecule has 1 aromatic heterocycles. The number of carbonyl (C=O) groups is 2. The smallest absolute Gasteiger partial charge is 0.250 e. The molecular formula is C23H26Cl2N4O4S. The van der Waals surface area contributed by atoms with E-state index in [1.807, 2.05) is 0 Å². The molecule has 2 amide bonds. The van der Waals surface area contributed by atoms with E-state index in [9.17, 15) is 18.0 Å². The van der Waals surface area contributed by atoms with E-state index >= 15 is 0 Å². The predicted octanol–water partition coefficient (Wildman–Crippen LogP) is 3.36. The quantitative estimate of drug-likeness (QED) is 0.597. The number of benzene rings is 1. The molecule has 2 unspecified atom stereocenters. The van der Waals surface area contributed by atoms with Crippen molar-refractivity contribution in [3.8, 4) is 0 Å². The second-order valence-corrected chi connectivity index (χ2v) is 12.6. The van der Waals surface area contributed by atoms with Gasteiger partial charge in [0, 0.05) is 29.3 Å². The fourth-order valence-electron chi connectivity index (χ4n) is 4.80. The first kappa shape index (κ1) is 24.8. The van der Waals surface area contributed by atoms with Gasteiger partial charge in [0.25, 0.3) is 0 Å². The summed E-state index contributed by atoms with van der Waals surface area (Å²) in [7, 11) is -4.07. The fraction of sp³-hybridized carbons (Fsp3) is 0.435. The molecule has 2 bridgehead atoms. The standard InChI is InChI=1S/C23H26Cl2N4O4S/c1-23(2,34(32,33)19-7-4-14(24)9-18(19)25)22(31)28-15-10-16-5-6-17(11-15)29(16)20-8-3-13(12-27-20)21(26)30/h3-4,7-9,12,15-17H,5-6,10-11H2,1-2H3,(H2,26,30)(H,28,31). The van der Waals surface area contributed by atoms with Crippen LogP contribution in [0.15, 0.2) is 41.4 Å². The highest BCUT2D eigenvalue weighted by Gasteiger charge is 2.47. The summed E-state index contributed by atoms with van der Waals surface area (Å²) in [6.45, 7) is 2.77. The van der Waals surface area contributed by atoms with Gasteiger partial charge >= 0.3 is 0 Å². The van der Waals surface area contributed by atoms with Crippen molar-refractivity contribution >= 4 is 50.7 Å². The number of primary amides is 1. The Hall–Kier alpha value is -2.36. The third-order valence-electron chi connectivity index (χ3n) is 6.77. The van der Waals surface area contributed by atoms with Crippen molar-refractivity contribution in [1.82, 2.24) is 10.3 Å². The molecule has 11 heteroatoms. The number of aromatic nitrogens is 1. The van der Waals surface area contributed by atoms with Crippen LogP contribution in [-0.2, 0) is 14.6 Å². The number of anilines is 1. The Kier molecular flexibility index (Phi) is 6.56. The van der Waals surface area contributed by atoms with E-state index < -0.39 is 26.4 Å². The molecule has 8 nitrogen and oxygen atoms in total. The van der Waals surface area contributed by atoms with Gasteiger partial charge in [-0.1, -0.05) is 23.2 Å². The highest BCUT2D eigenvalue weighted by molar-refractivity contribution is 7.93. The van der Waals surface area contributed by atoms with Crippen molar-refractivity contribution in [2.24, 2.45) is 5.73 Å². The molecule has 3 N–H and O–H groups in total. The van der Waals surface area contributed by atoms with Gasteiger partial charge in [0.15, 0.2) is 9.84 Å². The highest BCUT2D eigenvalue weighted by atomic mass is 35.5. The number of fused-ring (bicyclic) bond motifs is 2. The Bertz CT molecular complexity index is 1220. The van der Waals surface area contributed by atoms with Gasteiger partial charge in [0.05, 0.1) is 15.5 Å². The van der Waals surface area contributed by atoms with Crippen molar-refractivity contribution < 1.29 is 18.0 Å². The summed E-state index contributed by atoms with van der Waals surface area (Å²) >= 11 is 12.0. The number of nitrogens with one attached hydrogen (secondary N) is 1. The first-order valence-electron chi connectivity index (χ1n) is 11.0. The molecule has 2 saturated heterocycles. The zero-order valence-electron chi connectivity index (χ0n) is 18.8. The number of hydrogen-bond donors (Lipinski definition) is 2. The van der Waals surface area contributed by atoms with E-state index in [-0.39, 0.29) is 28.0 Å². The largest absolute Gasteiger partial charge is 0.366 e. The zero-order chi connectivity index (χ0) is 24.8. The van der Waals surface area contributed by atoms with Gasteiger partial charge in [-0.05, 0) is 69.9 Å². The molecule has 2 aliphatic rings. The lowest BCUT2D eigenvalue weighted by atomic mass is 9.96. The van der Waals surface area contributed by atoms with E-state index in [2.05, 4.69) is 15.2 Å². The molecule has 3 heterocycles. The Morgan fingerprint density at radius 3 is 2.29 bits per heavy atom. The lowest BCUT2D eigenvalue weighted by Gasteiger charge is -2.40. The van der Waals surface area contributed by atoms with Crippen molar-refractivity contribution in [2.75, 3.05) is 4.90 Å². The molecule has 2 fully saturated rings. The lowest BCUT2D eigenvalue weighted by Crippen LogP contribution is -2.56. The Morgan fingerprint density at radius 1 is 1.12 bits per heavy atom. The average molecular weight is 525 g/mol. The lowest BCUT2D eigenvalue weighted by molar-refractivity contribution is -0.123. The van der Waals surface area contributed by atoms with E-state index in [0.29, 0.717) is 23.4 Å². The molecule has 182 valence electrons. The van der Waals surface area contributed by atoms with E-state index in [1.165, 1.54) is 38.2 Å². The van der Waals surface area contributed by atoms with Gasteiger partial charge in [-0.3, -0.25) is 9.59 Å². The Labute approximate surface area is 208 Å². The normalized spacial score (nSPS) is 22.5. The van der Waals surface area contributed by atoms with Gasteiger partial charge in [0.1, 0.15) is 10.6 Å². The summed E-state index contributed by atoms with van der Waals surface area (Å²) in [5, 5.41) is 3.26. The minimum atomic E-state index is -4.07. The van der Waals surface area contributed by atoms with Gasteiger partial charge in [-0.15, -0.1) is 0 Å². The summed E-state index contributed by atoms with van der Waals surface area (Å²) < 4.78 is 24.8. The average Bonchev–Trinajstić information content (AvgIpc) is 3.03. The molecule has 4 rings (SSSR count). The summed E-state index contributed by atoms with van der Waals surface area (Å²) in [6, 6.07) is 7.70. The Balaban J connectivity index is 1.48. The third kappa shape index (κ3) is 4.36. The number of nitrogens with two attached hydrogens (primary N) is 1. The van der Waals surface area contributed by atoms with Crippen LogP contribution in [-0.4, -0.2) is 48.1 Å². The van der Waals surface area contributed by atoms with E-state index in [0.717, 1.165) is 18.7 Å². The topological polar surface area (TPSA) is 122 Å². The monoisotopic (exact) mass is 524 g/mol. The van der Waals surface area contributed by atoms with Crippen molar-refractivity contribution in [3.05, 3.63) is 52.1 Å². The first-order chi connectivity index (χ1) is 15.9. The van der Waals surface area contributed by atoms with Gasteiger partial charge in [-0.25, -0.2) is 13.4 Å². The van der Waals surface area contributed by atoms with Crippen LogP contribution in [0.1, 0.15) is 49.9 Å². The second kappa shape index (κ2) is 9.02. The molecule has 0 saturated carbocycles. The van der Waals surface area contributed by atoms with Gasteiger partial charge < -0.3 is 16.0 Å². The fourth-order valence-corrected chi connectivity index (χ4v) is 6.93. The minimum absolute atomic E-state index is 0.0189. The Morgan fingerprint density at radius 2 is 1.76 bits per heavy atom. The van der Waals surface area contributed by atoms with Crippen LogP contribution < -0.4 is 16.0 Å². The maximum absolute atomic E-state index is 13.3. The second-order valence-electron chi connectivity index (χ2n) is 9.29. The summed E-state index contributed by atoms with van der Waals surface area (Å²) in [4.78, 5) is 31.0. The van der Waals surface area contributed by atoms with E-state index in [1.54, 1.807) is 12.1 Å².